The van der Waals surface area contributed by atoms with Crippen LogP contribution < -0.4 is 5.32 Å². The molecule has 2 aromatic rings. The smallest absolute Gasteiger partial charge is 0.236 e. The Hall–Kier alpha value is -2.62. The summed E-state index contributed by atoms with van der Waals surface area (Å²) >= 11 is 0. The van der Waals surface area contributed by atoms with Gasteiger partial charge in [-0.2, -0.15) is 0 Å². The van der Waals surface area contributed by atoms with Crippen LogP contribution in [0.15, 0.2) is 48.5 Å². The van der Waals surface area contributed by atoms with E-state index < -0.39 is 5.41 Å². The number of fused-ring (bicyclic) bond motifs is 2. The Morgan fingerprint density at radius 3 is 2.71 bits per heavy atom. The second-order valence-corrected chi connectivity index (χ2v) is 6.81. The van der Waals surface area contributed by atoms with Gasteiger partial charge in [-0.3, -0.25) is 9.59 Å². The van der Waals surface area contributed by atoms with Crippen molar-refractivity contribution in [1.82, 2.24) is 4.90 Å². The van der Waals surface area contributed by atoms with E-state index in [1.54, 1.807) is 0 Å². The first-order valence-corrected chi connectivity index (χ1v) is 8.33. The van der Waals surface area contributed by atoms with Gasteiger partial charge in [0.15, 0.2) is 0 Å². The summed E-state index contributed by atoms with van der Waals surface area (Å²) in [6.07, 6.45) is 1.08. The quantitative estimate of drug-likeness (QED) is 0.925. The number of likely N-dealkylation sites (tertiary alicyclic amines) is 1. The van der Waals surface area contributed by atoms with Crippen LogP contribution in [-0.2, 0) is 21.4 Å². The highest BCUT2D eigenvalue weighted by Gasteiger charge is 2.51. The van der Waals surface area contributed by atoms with Gasteiger partial charge in [0.25, 0.3) is 0 Å². The number of anilines is 1. The molecule has 1 spiro atoms. The predicted molar refractivity (Wildman–Crippen MR) is 92.8 cm³/mol. The lowest BCUT2D eigenvalue weighted by atomic mass is 9.81. The van der Waals surface area contributed by atoms with Crippen molar-refractivity contribution >= 4 is 17.5 Å². The van der Waals surface area contributed by atoms with Gasteiger partial charge in [0, 0.05) is 18.8 Å². The van der Waals surface area contributed by atoms with Crippen LogP contribution in [0.1, 0.15) is 23.1 Å². The number of amides is 2. The van der Waals surface area contributed by atoms with Crippen LogP contribution in [0, 0.1) is 6.92 Å². The summed E-state index contributed by atoms with van der Waals surface area (Å²) in [5.41, 5.74) is 3.55. The molecule has 0 saturated carbocycles. The molecule has 0 aliphatic carbocycles. The van der Waals surface area contributed by atoms with Crippen LogP contribution in [0.25, 0.3) is 0 Å². The average molecular weight is 320 g/mol. The number of nitrogens with zero attached hydrogens (tertiary/aromatic N) is 1. The van der Waals surface area contributed by atoms with Crippen molar-refractivity contribution in [3.8, 4) is 0 Å². The first kappa shape index (κ1) is 14.9. The normalized spacial score (nSPS) is 21.9. The number of carbonyl (C=O) groups is 2. The van der Waals surface area contributed by atoms with Crippen molar-refractivity contribution in [2.24, 2.45) is 0 Å². The average Bonchev–Trinajstić information content (AvgIpc) is 3.14. The standard InChI is InChI=1S/C20H20N2O2/c1-14-6-8-15(9-7-14)12-18(23)22-11-10-20(13-22)16-4-2-3-5-17(16)21-19(20)24/h2-9H,10-13H2,1H3,(H,21,24). The molecule has 4 nitrogen and oxygen atoms in total. The van der Waals surface area contributed by atoms with E-state index >= 15 is 0 Å². The van der Waals surface area contributed by atoms with Crippen LogP contribution in [0.2, 0.25) is 0 Å². The van der Waals surface area contributed by atoms with Crippen molar-refractivity contribution in [2.75, 3.05) is 18.4 Å². The Balaban J connectivity index is 1.53. The number of rotatable bonds is 2. The van der Waals surface area contributed by atoms with Gasteiger partial charge in [0.1, 0.15) is 0 Å². The third kappa shape index (κ3) is 2.30. The first-order valence-electron chi connectivity index (χ1n) is 8.33. The molecule has 2 aromatic carbocycles. The van der Waals surface area contributed by atoms with Gasteiger partial charge in [-0.25, -0.2) is 0 Å². The van der Waals surface area contributed by atoms with Crippen LogP contribution >= 0.6 is 0 Å². The number of carbonyl (C=O) groups excluding carboxylic acids is 2. The molecule has 2 heterocycles. The maximum absolute atomic E-state index is 12.7. The molecule has 1 saturated heterocycles. The Morgan fingerprint density at radius 2 is 1.92 bits per heavy atom. The molecule has 0 bridgehead atoms. The van der Waals surface area contributed by atoms with E-state index in [0.29, 0.717) is 25.9 Å². The van der Waals surface area contributed by atoms with Crippen molar-refractivity contribution < 1.29 is 9.59 Å². The molecular formula is C20H20N2O2. The van der Waals surface area contributed by atoms with Crippen LogP contribution in [0.5, 0.6) is 0 Å². The molecule has 2 aliphatic heterocycles. The second kappa shape index (κ2) is 5.48. The Bertz CT molecular complexity index is 813. The third-order valence-electron chi connectivity index (χ3n) is 5.22. The van der Waals surface area contributed by atoms with E-state index in [-0.39, 0.29) is 11.8 Å². The van der Waals surface area contributed by atoms with Gasteiger partial charge in [-0.05, 0) is 30.5 Å². The third-order valence-corrected chi connectivity index (χ3v) is 5.22. The van der Waals surface area contributed by atoms with E-state index in [1.807, 2.05) is 60.4 Å². The van der Waals surface area contributed by atoms with Gasteiger partial charge < -0.3 is 10.2 Å². The molecule has 24 heavy (non-hydrogen) atoms. The van der Waals surface area contributed by atoms with E-state index in [2.05, 4.69) is 5.32 Å². The minimum atomic E-state index is -0.570. The van der Waals surface area contributed by atoms with E-state index in [1.165, 1.54) is 5.56 Å². The molecule has 1 atom stereocenters. The van der Waals surface area contributed by atoms with Gasteiger partial charge >= 0.3 is 0 Å². The zero-order valence-corrected chi connectivity index (χ0v) is 13.7. The second-order valence-electron chi connectivity index (χ2n) is 6.81. The molecule has 1 N–H and O–H groups in total. The summed E-state index contributed by atoms with van der Waals surface area (Å²) in [5.74, 6) is 0.113. The number of para-hydroxylation sites is 1. The largest absolute Gasteiger partial charge is 0.341 e. The summed E-state index contributed by atoms with van der Waals surface area (Å²) in [6, 6.07) is 15.8. The lowest BCUT2D eigenvalue weighted by Gasteiger charge is -2.22. The van der Waals surface area contributed by atoms with Crippen LogP contribution in [0.3, 0.4) is 0 Å². The summed E-state index contributed by atoms with van der Waals surface area (Å²) in [5, 5.41) is 2.97. The SMILES string of the molecule is Cc1ccc(CC(=O)N2CCC3(C2)C(=O)Nc2ccccc23)cc1. The van der Waals surface area contributed by atoms with Crippen molar-refractivity contribution in [3.05, 3.63) is 65.2 Å². The van der Waals surface area contributed by atoms with Gasteiger partial charge in [0.2, 0.25) is 11.8 Å². The molecular weight excluding hydrogens is 300 g/mol. The summed E-state index contributed by atoms with van der Waals surface area (Å²) in [7, 11) is 0. The highest BCUT2D eigenvalue weighted by atomic mass is 16.2. The molecule has 1 fully saturated rings. The zero-order valence-electron chi connectivity index (χ0n) is 13.7. The lowest BCUT2D eigenvalue weighted by molar-refractivity contribution is -0.129. The van der Waals surface area contributed by atoms with E-state index in [4.69, 9.17) is 0 Å². The molecule has 4 heteroatoms. The molecule has 0 radical (unpaired) electrons. The van der Waals surface area contributed by atoms with E-state index in [9.17, 15) is 9.59 Å². The maximum Gasteiger partial charge on any atom is 0.236 e. The molecule has 0 aromatic heterocycles. The Morgan fingerprint density at radius 1 is 1.17 bits per heavy atom. The van der Waals surface area contributed by atoms with Crippen molar-refractivity contribution in [3.63, 3.8) is 0 Å². The van der Waals surface area contributed by atoms with Crippen LogP contribution in [0.4, 0.5) is 5.69 Å². The first-order chi connectivity index (χ1) is 11.6. The number of nitrogens with one attached hydrogen (secondary N) is 1. The van der Waals surface area contributed by atoms with E-state index in [0.717, 1.165) is 16.8 Å². The molecule has 122 valence electrons. The summed E-state index contributed by atoms with van der Waals surface area (Å²) in [6.45, 7) is 3.14. The van der Waals surface area contributed by atoms with Crippen LogP contribution in [-0.4, -0.2) is 29.8 Å². The van der Waals surface area contributed by atoms with Gasteiger partial charge in [-0.1, -0.05) is 48.0 Å². The van der Waals surface area contributed by atoms with Gasteiger partial charge in [-0.15, -0.1) is 0 Å². The molecule has 1 unspecified atom stereocenters. The minimum absolute atomic E-state index is 0.0225. The topological polar surface area (TPSA) is 49.4 Å². The number of hydrogen-bond acceptors (Lipinski definition) is 2. The highest BCUT2D eigenvalue weighted by Crippen LogP contribution is 2.44. The fraction of sp³-hybridized carbons (Fsp3) is 0.300. The Kier molecular flexibility index (Phi) is 3.41. The number of aryl methyl sites for hydroxylation is 1. The molecule has 4 rings (SSSR count). The summed E-state index contributed by atoms with van der Waals surface area (Å²) < 4.78 is 0. The van der Waals surface area contributed by atoms with Crippen molar-refractivity contribution in [1.29, 1.82) is 0 Å². The monoisotopic (exact) mass is 320 g/mol. The van der Waals surface area contributed by atoms with Gasteiger partial charge in [0.05, 0.1) is 11.8 Å². The predicted octanol–water partition coefficient (Wildman–Crippen LogP) is 2.66. The molecule has 2 aliphatic rings. The lowest BCUT2D eigenvalue weighted by Crippen LogP contribution is -2.39. The number of benzene rings is 2. The maximum atomic E-state index is 12.7. The zero-order chi connectivity index (χ0) is 16.7. The number of hydrogen-bond donors (Lipinski definition) is 1. The highest BCUT2D eigenvalue weighted by molar-refractivity contribution is 6.07. The fourth-order valence-corrected chi connectivity index (χ4v) is 3.79. The minimum Gasteiger partial charge on any atom is -0.341 e. The Labute approximate surface area is 141 Å². The molecule has 2 amide bonds. The summed E-state index contributed by atoms with van der Waals surface area (Å²) in [4.78, 5) is 27.1. The fourth-order valence-electron chi connectivity index (χ4n) is 3.79. The van der Waals surface area contributed by atoms with Crippen molar-refractivity contribution in [2.45, 2.75) is 25.2 Å².